The van der Waals surface area contributed by atoms with Gasteiger partial charge in [-0.15, -0.1) is 0 Å². The maximum absolute atomic E-state index is 6.07. The maximum atomic E-state index is 6.07. The SMILES string of the molecule is C=P(C)(C[P](C)(=[V])C[P](C)(=[W])OC)OCC(C)C. The van der Waals surface area contributed by atoms with Crippen LogP contribution in [0, 0.1) is 5.92 Å². The van der Waals surface area contributed by atoms with Crippen molar-refractivity contribution in [2.45, 2.75) is 13.8 Å². The first-order chi connectivity index (χ1) is 7.89. The first-order valence-corrected chi connectivity index (χ1v) is 19.1. The van der Waals surface area contributed by atoms with Crippen LogP contribution in [-0.4, -0.2) is 51.8 Å². The molecule has 0 aliphatic carbocycles. The molecule has 7 heteroatoms. The predicted molar refractivity (Wildman–Crippen MR) is 83.2 cm³/mol. The zero-order chi connectivity index (χ0) is 14.6. The van der Waals surface area contributed by atoms with Gasteiger partial charge in [-0.25, -0.2) is 0 Å². The molecule has 0 rings (SSSR count). The van der Waals surface area contributed by atoms with Crippen LogP contribution in [0.15, 0.2) is 0 Å². The summed E-state index contributed by atoms with van der Waals surface area (Å²) in [7, 11) is 0.403. The normalized spacial score (nSPS) is 22.1. The Labute approximate surface area is 133 Å². The first-order valence-electron chi connectivity index (χ1n) is 5.93. The molecule has 0 aromatic carbocycles. The summed E-state index contributed by atoms with van der Waals surface area (Å²) in [6.07, 6.45) is 4.37. The van der Waals surface area contributed by atoms with Crippen molar-refractivity contribution in [3.8, 4) is 0 Å². The van der Waals surface area contributed by atoms with Gasteiger partial charge in [-0.05, 0) is 0 Å². The van der Waals surface area contributed by atoms with Gasteiger partial charge in [-0.1, -0.05) is 0 Å². The fourth-order valence-corrected chi connectivity index (χ4v) is 34.1. The van der Waals surface area contributed by atoms with Crippen LogP contribution < -0.4 is 0 Å². The molecule has 2 nitrogen and oxygen atoms in total. The summed E-state index contributed by atoms with van der Waals surface area (Å²) in [4.78, 5) is 0. The van der Waals surface area contributed by atoms with Gasteiger partial charge in [0, 0.05) is 0 Å². The zero-order valence-corrected chi connectivity index (χ0v) is 19.4. The van der Waals surface area contributed by atoms with Crippen molar-refractivity contribution in [2.75, 3.05) is 45.5 Å². The molecule has 0 aliphatic rings. The summed E-state index contributed by atoms with van der Waals surface area (Å²) in [5.41, 5.74) is 0. The minimum absolute atomic E-state index is 0.592. The van der Waals surface area contributed by atoms with Crippen LogP contribution in [0.1, 0.15) is 13.8 Å². The van der Waals surface area contributed by atoms with E-state index in [1.807, 2.05) is 7.11 Å². The van der Waals surface area contributed by atoms with Crippen LogP contribution in [0.4, 0.5) is 0 Å². The fourth-order valence-electron chi connectivity index (χ4n) is 1.67. The molecule has 3 unspecified atom stereocenters. The third kappa shape index (κ3) is 10.1. The Hall–Kier alpha value is 2.35. The average molecular weight is 519 g/mol. The van der Waals surface area contributed by atoms with E-state index in [9.17, 15) is 0 Å². The number of hydrogen-bond acceptors (Lipinski definition) is 2. The van der Waals surface area contributed by atoms with E-state index in [4.69, 9.17) is 9.05 Å². The van der Waals surface area contributed by atoms with Crippen molar-refractivity contribution >= 4 is 23.8 Å². The Kier molecular flexibility index (Phi) is 9.17. The van der Waals surface area contributed by atoms with Gasteiger partial charge in [0.05, 0.1) is 0 Å². The summed E-state index contributed by atoms with van der Waals surface area (Å²) in [6, 6.07) is 0. The van der Waals surface area contributed by atoms with Crippen molar-refractivity contribution in [2.24, 2.45) is 5.92 Å². The van der Waals surface area contributed by atoms with E-state index < -0.39 is 17.5 Å². The third-order valence-electron chi connectivity index (χ3n) is 2.27. The predicted octanol–water partition coefficient (Wildman–Crippen LogP) is 4.35. The van der Waals surface area contributed by atoms with E-state index in [-0.39, 0.29) is 0 Å². The molecule has 3 atom stereocenters. The molecule has 0 aliphatic heterocycles. The molecule has 18 heavy (non-hydrogen) atoms. The molecular formula is C11H27O2P3VW. The summed E-state index contributed by atoms with van der Waals surface area (Å²) >= 11 is 4.57. The molecular weight excluding hydrogens is 492 g/mol. The first kappa shape index (κ1) is 20.4. The van der Waals surface area contributed by atoms with Gasteiger partial charge in [-0.3, -0.25) is 0 Å². The van der Waals surface area contributed by atoms with E-state index in [2.05, 4.69) is 56.6 Å². The summed E-state index contributed by atoms with van der Waals surface area (Å²) < 4.78 is 11.8. The van der Waals surface area contributed by atoms with Crippen molar-refractivity contribution in [3.63, 3.8) is 0 Å². The molecule has 0 radical (unpaired) electrons. The summed E-state index contributed by atoms with van der Waals surface area (Å²) in [5.74, 6) is 3.01. The van der Waals surface area contributed by atoms with Gasteiger partial charge in [-0.2, -0.15) is 0 Å². The Morgan fingerprint density at radius 2 is 1.72 bits per heavy atom. The Morgan fingerprint density at radius 3 is 2.11 bits per heavy atom. The monoisotopic (exact) mass is 519 g/mol. The van der Waals surface area contributed by atoms with Crippen molar-refractivity contribution in [3.05, 3.63) is 0 Å². The molecule has 0 saturated carbocycles. The quantitative estimate of drug-likeness (QED) is 0.445. The Bertz CT molecular complexity index is 409. The average Bonchev–Trinajstić information content (AvgIpc) is 2.11. The Morgan fingerprint density at radius 1 is 1.22 bits per heavy atom. The molecule has 0 aromatic rings. The van der Waals surface area contributed by atoms with Crippen LogP contribution in [0.3, 0.4) is 0 Å². The van der Waals surface area contributed by atoms with E-state index in [0.717, 1.165) is 6.61 Å². The standard InChI is InChI=1S/C11H27O2P3.V.W/c1-11(2)8-13-16(6,7)10-14(4)9-15(5)12-3;;/h11H,6,8-10H2,1-5,7H3;;. The second-order valence-electron chi connectivity index (χ2n) is 5.80. The molecule has 0 amide bonds. The van der Waals surface area contributed by atoms with Crippen LogP contribution >= 0.6 is 17.5 Å². The summed E-state index contributed by atoms with van der Waals surface area (Å²) in [5, 5.41) is -2.13. The van der Waals surface area contributed by atoms with Crippen LogP contribution in [0.2, 0.25) is 0 Å². The number of rotatable bonds is 8. The summed E-state index contributed by atoms with van der Waals surface area (Å²) in [6.45, 7) is 12.2. The minimum atomic E-state index is -1.46. The van der Waals surface area contributed by atoms with Crippen LogP contribution in [0.25, 0.3) is 0 Å². The van der Waals surface area contributed by atoms with Crippen LogP contribution in [0.5, 0.6) is 0 Å². The van der Waals surface area contributed by atoms with Gasteiger partial charge in [0.25, 0.3) is 0 Å². The molecule has 0 fully saturated rings. The van der Waals surface area contributed by atoms with Gasteiger partial charge in [0.15, 0.2) is 0 Å². The van der Waals surface area contributed by atoms with E-state index in [1.54, 1.807) is 18.8 Å². The second kappa shape index (κ2) is 8.11. The molecule has 0 spiro atoms. The van der Waals surface area contributed by atoms with E-state index >= 15 is 0 Å². The third-order valence-corrected chi connectivity index (χ3v) is 22.0. The molecule has 0 heterocycles. The van der Waals surface area contributed by atoms with Gasteiger partial charge in [0.1, 0.15) is 0 Å². The molecule has 0 aromatic heterocycles. The fraction of sp³-hybridized carbons (Fsp3) is 0.909. The van der Waals surface area contributed by atoms with Crippen LogP contribution in [-0.2, 0) is 44.3 Å². The van der Waals surface area contributed by atoms with Gasteiger partial charge < -0.3 is 0 Å². The van der Waals surface area contributed by atoms with Crippen molar-refractivity contribution < 1.29 is 44.3 Å². The second-order valence-corrected chi connectivity index (χ2v) is 28.8. The molecule has 0 bridgehead atoms. The molecule has 0 N–H and O–H groups in total. The zero-order valence-electron chi connectivity index (χ0n) is 12.4. The van der Waals surface area contributed by atoms with E-state index in [0.29, 0.717) is 5.92 Å². The van der Waals surface area contributed by atoms with E-state index in [1.165, 1.54) is 11.8 Å². The Balaban J connectivity index is 4.62. The van der Waals surface area contributed by atoms with Crippen molar-refractivity contribution in [1.29, 1.82) is 0 Å². The van der Waals surface area contributed by atoms with Crippen molar-refractivity contribution in [1.82, 2.24) is 0 Å². The van der Waals surface area contributed by atoms with Gasteiger partial charge >= 0.3 is 133 Å². The molecule has 0 saturated heterocycles. The van der Waals surface area contributed by atoms with Gasteiger partial charge in [0.2, 0.25) is 0 Å². The molecule has 109 valence electrons. The topological polar surface area (TPSA) is 18.5 Å². The number of hydrogen-bond donors (Lipinski definition) is 0.